The molecule has 0 radical (unpaired) electrons. The summed E-state index contributed by atoms with van der Waals surface area (Å²) in [6.45, 7) is 0. The van der Waals surface area contributed by atoms with Crippen LogP contribution in [-0.2, 0) is 0 Å². The molecule has 0 aliphatic heterocycles. The Hall–Kier alpha value is -2.42. The minimum Gasteiger partial charge on any atom is -0.371 e. The molecule has 0 atom stereocenters. The number of benzene rings is 2. The highest BCUT2D eigenvalue weighted by molar-refractivity contribution is 5.97. The molecular weight excluding hydrogens is 222 g/mol. The number of rotatable bonds is 2. The molecular formula is C15H13N3. The fourth-order valence-corrected chi connectivity index (χ4v) is 2.15. The molecule has 88 valence electrons. The third kappa shape index (κ3) is 1.70. The van der Waals surface area contributed by atoms with Crippen LogP contribution in [0.3, 0.4) is 0 Å². The molecule has 1 heterocycles. The van der Waals surface area contributed by atoms with E-state index in [-0.39, 0.29) is 0 Å². The Labute approximate surface area is 106 Å². The fraction of sp³-hybridized carbons (Fsp3) is 0.0667. The molecule has 3 rings (SSSR count). The van der Waals surface area contributed by atoms with Crippen LogP contribution in [0.1, 0.15) is 0 Å². The van der Waals surface area contributed by atoms with E-state index in [0.717, 1.165) is 17.1 Å². The van der Waals surface area contributed by atoms with E-state index in [4.69, 9.17) is 0 Å². The van der Waals surface area contributed by atoms with Gasteiger partial charge >= 0.3 is 0 Å². The van der Waals surface area contributed by atoms with Crippen LogP contribution < -0.4 is 5.32 Å². The van der Waals surface area contributed by atoms with Gasteiger partial charge in [0.15, 0.2) is 5.82 Å². The highest BCUT2D eigenvalue weighted by Gasteiger charge is 2.09. The Balaban J connectivity index is 2.32. The van der Waals surface area contributed by atoms with Crippen LogP contribution in [0.5, 0.6) is 0 Å². The van der Waals surface area contributed by atoms with Crippen molar-refractivity contribution in [1.82, 2.24) is 9.97 Å². The van der Waals surface area contributed by atoms with Gasteiger partial charge in [-0.3, -0.25) is 4.98 Å². The zero-order chi connectivity index (χ0) is 12.4. The van der Waals surface area contributed by atoms with Crippen LogP contribution in [0.25, 0.3) is 22.0 Å². The summed E-state index contributed by atoms with van der Waals surface area (Å²) in [5, 5.41) is 5.49. The van der Waals surface area contributed by atoms with Gasteiger partial charge in [-0.05, 0) is 10.8 Å². The van der Waals surface area contributed by atoms with Crippen LogP contribution >= 0.6 is 0 Å². The summed E-state index contributed by atoms with van der Waals surface area (Å²) in [7, 11) is 1.86. The quantitative estimate of drug-likeness (QED) is 0.740. The van der Waals surface area contributed by atoms with Crippen molar-refractivity contribution in [3.8, 4) is 11.3 Å². The maximum atomic E-state index is 4.44. The van der Waals surface area contributed by atoms with E-state index in [1.165, 1.54) is 10.8 Å². The Kier molecular flexibility index (Phi) is 2.65. The standard InChI is InChI=1S/C15H13N3/c1-16-15-14(17-9-10-18-15)13-8-4-6-11-5-2-3-7-12(11)13/h2-10H,1H3,(H,16,18). The first kappa shape index (κ1) is 10.7. The molecule has 2 aromatic carbocycles. The van der Waals surface area contributed by atoms with Gasteiger partial charge in [-0.1, -0.05) is 42.5 Å². The minimum atomic E-state index is 0.800. The smallest absolute Gasteiger partial charge is 0.152 e. The number of nitrogens with zero attached hydrogens (tertiary/aromatic N) is 2. The highest BCUT2D eigenvalue weighted by atomic mass is 15.0. The average Bonchev–Trinajstić information content (AvgIpc) is 2.46. The molecule has 1 aromatic heterocycles. The lowest BCUT2D eigenvalue weighted by atomic mass is 10.0. The second kappa shape index (κ2) is 4.45. The van der Waals surface area contributed by atoms with E-state index in [2.05, 4.69) is 39.6 Å². The van der Waals surface area contributed by atoms with Crippen molar-refractivity contribution in [3.63, 3.8) is 0 Å². The van der Waals surface area contributed by atoms with E-state index in [9.17, 15) is 0 Å². The van der Waals surface area contributed by atoms with Crippen LogP contribution in [0.15, 0.2) is 54.9 Å². The number of anilines is 1. The van der Waals surface area contributed by atoms with E-state index in [0.29, 0.717) is 0 Å². The fourth-order valence-electron chi connectivity index (χ4n) is 2.15. The molecule has 0 saturated carbocycles. The van der Waals surface area contributed by atoms with Crippen molar-refractivity contribution in [3.05, 3.63) is 54.9 Å². The second-order valence-corrected chi connectivity index (χ2v) is 4.03. The summed E-state index contributed by atoms with van der Waals surface area (Å²) < 4.78 is 0. The van der Waals surface area contributed by atoms with E-state index in [1.54, 1.807) is 12.4 Å². The molecule has 0 saturated heterocycles. The van der Waals surface area contributed by atoms with Gasteiger partial charge in [0.1, 0.15) is 5.69 Å². The lowest BCUT2D eigenvalue weighted by Gasteiger charge is -2.09. The molecule has 3 heteroatoms. The zero-order valence-corrected chi connectivity index (χ0v) is 10.1. The molecule has 18 heavy (non-hydrogen) atoms. The number of fused-ring (bicyclic) bond motifs is 1. The first-order chi connectivity index (χ1) is 8.90. The first-order valence-electron chi connectivity index (χ1n) is 5.87. The maximum absolute atomic E-state index is 4.44. The average molecular weight is 235 g/mol. The van der Waals surface area contributed by atoms with Crippen LogP contribution in [0.2, 0.25) is 0 Å². The van der Waals surface area contributed by atoms with Crippen molar-refractivity contribution < 1.29 is 0 Å². The maximum Gasteiger partial charge on any atom is 0.152 e. The summed E-state index contributed by atoms with van der Waals surface area (Å²) in [5.74, 6) is 0.800. The molecule has 1 N–H and O–H groups in total. The molecule has 0 unspecified atom stereocenters. The number of hydrogen-bond acceptors (Lipinski definition) is 3. The van der Waals surface area contributed by atoms with Crippen molar-refractivity contribution >= 4 is 16.6 Å². The van der Waals surface area contributed by atoms with Crippen LogP contribution in [-0.4, -0.2) is 17.0 Å². The van der Waals surface area contributed by atoms with Gasteiger partial charge in [0.05, 0.1) is 0 Å². The molecule has 0 aliphatic carbocycles. The van der Waals surface area contributed by atoms with E-state index < -0.39 is 0 Å². The third-order valence-corrected chi connectivity index (χ3v) is 2.98. The zero-order valence-electron chi connectivity index (χ0n) is 10.1. The van der Waals surface area contributed by atoms with Gasteiger partial charge in [-0.2, -0.15) is 0 Å². The third-order valence-electron chi connectivity index (χ3n) is 2.98. The number of aromatic nitrogens is 2. The number of nitrogens with one attached hydrogen (secondary N) is 1. The molecule has 0 amide bonds. The van der Waals surface area contributed by atoms with Gasteiger partial charge in [-0.15, -0.1) is 0 Å². The normalized spacial score (nSPS) is 10.5. The molecule has 3 aromatic rings. The summed E-state index contributed by atoms with van der Waals surface area (Å²) in [6.07, 6.45) is 3.42. The van der Waals surface area contributed by atoms with E-state index >= 15 is 0 Å². The largest absolute Gasteiger partial charge is 0.371 e. The first-order valence-corrected chi connectivity index (χ1v) is 5.87. The van der Waals surface area contributed by atoms with Gasteiger partial charge in [-0.25, -0.2) is 4.98 Å². The van der Waals surface area contributed by atoms with Crippen molar-refractivity contribution in [2.24, 2.45) is 0 Å². The lowest BCUT2D eigenvalue weighted by molar-refractivity contribution is 1.19. The Morgan fingerprint density at radius 3 is 2.56 bits per heavy atom. The lowest BCUT2D eigenvalue weighted by Crippen LogP contribution is -1.97. The molecule has 0 aliphatic rings. The molecule has 0 spiro atoms. The molecule has 0 fully saturated rings. The summed E-state index contributed by atoms with van der Waals surface area (Å²) in [6, 6.07) is 14.5. The monoisotopic (exact) mass is 235 g/mol. The molecule has 3 nitrogen and oxygen atoms in total. The predicted octanol–water partition coefficient (Wildman–Crippen LogP) is 3.34. The van der Waals surface area contributed by atoms with Gasteiger partial charge in [0.2, 0.25) is 0 Å². The molecule has 0 bridgehead atoms. The Morgan fingerprint density at radius 1 is 0.889 bits per heavy atom. The Bertz CT molecular complexity index is 687. The van der Waals surface area contributed by atoms with Gasteiger partial charge in [0.25, 0.3) is 0 Å². The van der Waals surface area contributed by atoms with Crippen LogP contribution in [0.4, 0.5) is 5.82 Å². The summed E-state index contributed by atoms with van der Waals surface area (Å²) >= 11 is 0. The predicted molar refractivity (Wildman–Crippen MR) is 74.5 cm³/mol. The summed E-state index contributed by atoms with van der Waals surface area (Å²) in [5.41, 5.74) is 1.99. The Morgan fingerprint density at radius 2 is 1.67 bits per heavy atom. The van der Waals surface area contributed by atoms with Crippen LogP contribution in [0, 0.1) is 0 Å². The number of hydrogen-bond donors (Lipinski definition) is 1. The second-order valence-electron chi connectivity index (χ2n) is 4.03. The minimum absolute atomic E-state index is 0.800. The van der Waals surface area contributed by atoms with Gasteiger partial charge in [0, 0.05) is 25.0 Å². The van der Waals surface area contributed by atoms with Crippen molar-refractivity contribution in [2.75, 3.05) is 12.4 Å². The topological polar surface area (TPSA) is 37.8 Å². The highest BCUT2D eigenvalue weighted by Crippen LogP contribution is 2.30. The van der Waals surface area contributed by atoms with Crippen molar-refractivity contribution in [1.29, 1.82) is 0 Å². The van der Waals surface area contributed by atoms with Gasteiger partial charge < -0.3 is 5.32 Å². The summed E-state index contributed by atoms with van der Waals surface area (Å²) in [4.78, 5) is 8.75. The SMILES string of the molecule is CNc1nccnc1-c1cccc2ccccc12. The van der Waals surface area contributed by atoms with E-state index in [1.807, 2.05) is 25.2 Å². The van der Waals surface area contributed by atoms with Crippen molar-refractivity contribution in [2.45, 2.75) is 0 Å².